The molecule has 15 nitrogen and oxygen atoms in total. The lowest BCUT2D eigenvalue weighted by atomic mass is 9.93. The van der Waals surface area contributed by atoms with Crippen molar-refractivity contribution in [3.05, 3.63) is 37.4 Å². The van der Waals surface area contributed by atoms with Crippen molar-refractivity contribution in [1.82, 2.24) is 44.7 Å². The molecule has 0 saturated heterocycles. The van der Waals surface area contributed by atoms with E-state index < -0.39 is 0 Å². The van der Waals surface area contributed by atoms with Crippen LogP contribution in [0, 0.1) is 0 Å². The molecule has 3 aromatic heterocycles. The highest BCUT2D eigenvalue weighted by atomic mass is 35.5. The number of thioether (sulfide) groups is 2. The molecule has 0 bridgehead atoms. The van der Waals surface area contributed by atoms with Crippen molar-refractivity contribution in [3.8, 4) is 0 Å². The molecular formula is C24H42ClN13O2S2. The molecule has 0 aliphatic heterocycles. The molecule has 0 aliphatic rings. The normalized spacial score (nSPS) is 11.3. The number of rotatable bonds is 6. The Kier molecular flexibility index (Phi) is 13.9. The molecule has 0 spiro atoms. The summed E-state index contributed by atoms with van der Waals surface area (Å²) in [6, 6.07) is 0.267. The highest BCUT2D eigenvalue weighted by Gasteiger charge is 2.23. The number of nitrogen functional groups attached to an aromatic ring is 2. The van der Waals surface area contributed by atoms with Crippen LogP contribution in [0.2, 0.25) is 5.28 Å². The number of anilines is 2. The molecule has 3 aromatic rings. The molecular weight excluding hydrogens is 602 g/mol. The molecule has 6 N–H and O–H groups in total. The van der Waals surface area contributed by atoms with Gasteiger partial charge in [0.05, 0.1) is 0 Å². The number of nitrogens with two attached hydrogens (primary N) is 2. The van der Waals surface area contributed by atoms with E-state index in [1.54, 1.807) is 12.5 Å². The zero-order valence-electron chi connectivity index (χ0n) is 26.0. The molecule has 3 heterocycles. The molecule has 0 aromatic carbocycles. The van der Waals surface area contributed by atoms with Gasteiger partial charge in [-0.15, -0.1) is 20.4 Å². The van der Waals surface area contributed by atoms with Crippen LogP contribution in [0.25, 0.3) is 0 Å². The summed E-state index contributed by atoms with van der Waals surface area (Å²) in [5, 5.41) is 22.6. The average Bonchev–Trinajstić information content (AvgIpc) is 2.86. The van der Waals surface area contributed by atoms with Crippen molar-refractivity contribution in [1.29, 1.82) is 0 Å². The third-order valence-corrected chi connectivity index (χ3v) is 6.33. The van der Waals surface area contributed by atoms with Gasteiger partial charge >= 0.3 is 0 Å². The number of nitrogens with one attached hydrogen (secondary N) is 2. The van der Waals surface area contributed by atoms with Crippen LogP contribution in [0.1, 0.15) is 73.7 Å². The third kappa shape index (κ3) is 10.9. The van der Waals surface area contributed by atoms with Gasteiger partial charge in [0, 0.05) is 23.4 Å². The summed E-state index contributed by atoms with van der Waals surface area (Å²) >= 11 is 8.31. The van der Waals surface area contributed by atoms with E-state index in [1.807, 2.05) is 62.3 Å². The average molecular weight is 644 g/mol. The van der Waals surface area contributed by atoms with E-state index in [0.717, 1.165) is 15.9 Å². The molecule has 0 saturated carbocycles. The topological polar surface area (TPSA) is 210 Å². The fourth-order valence-corrected chi connectivity index (χ4v) is 3.86. The largest absolute Gasteiger partial charge is 0.354 e. The molecule has 0 radical (unpaired) electrons. The highest BCUT2D eigenvalue weighted by molar-refractivity contribution is 7.98. The fraction of sp³-hybridized carbons (Fsp3) is 0.625. The molecule has 0 unspecified atom stereocenters. The maximum Gasteiger partial charge on any atom is 0.295 e. The van der Waals surface area contributed by atoms with Gasteiger partial charge in [-0.3, -0.25) is 9.59 Å². The van der Waals surface area contributed by atoms with Crippen molar-refractivity contribution in [2.75, 3.05) is 41.4 Å². The van der Waals surface area contributed by atoms with Gasteiger partial charge < -0.3 is 22.3 Å². The maximum absolute atomic E-state index is 11.7. The Balaban J connectivity index is 0.000000315. The van der Waals surface area contributed by atoms with E-state index in [2.05, 4.69) is 46.0 Å². The van der Waals surface area contributed by atoms with Crippen molar-refractivity contribution in [2.24, 2.45) is 0 Å². The van der Waals surface area contributed by atoms with Gasteiger partial charge in [-0.2, -0.15) is 24.3 Å². The summed E-state index contributed by atoms with van der Waals surface area (Å²) in [7, 11) is 0. The van der Waals surface area contributed by atoms with Crippen molar-refractivity contribution in [3.63, 3.8) is 0 Å². The van der Waals surface area contributed by atoms with Crippen molar-refractivity contribution >= 4 is 47.0 Å². The minimum atomic E-state index is -0.331. The zero-order chi connectivity index (χ0) is 32.4. The zero-order valence-corrected chi connectivity index (χ0v) is 28.4. The SMILES string of the molecule is CCNc1nc(Cl)nc(NC(C)C)n1.CSc1nnc(C(C)(C)C)c(=O)n1N.CSc1nnc(C(C)(C)C)c(=O)n1N. The van der Waals surface area contributed by atoms with Crippen LogP contribution >= 0.6 is 35.1 Å². The number of aromatic nitrogens is 9. The van der Waals surface area contributed by atoms with Gasteiger partial charge in [0.15, 0.2) is 0 Å². The lowest BCUT2D eigenvalue weighted by molar-refractivity contribution is 0.520. The van der Waals surface area contributed by atoms with Crippen LogP contribution in [0.15, 0.2) is 19.9 Å². The monoisotopic (exact) mass is 643 g/mol. The number of halogens is 1. The Morgan fingerprint density at radius 3 is 1.52 bits per heavy atom. The molecule has 0 fully saturated rings. The van der Waals surface area contributed by atoms with Gasteiger partial charge in [-0.1, -0.05) is 65.1 Å². The Bertz CT molecular complexity index is 1360. The Hall–Kier alpha value is -3.18. The van der Waals surface area contributed by atoms with E-state index >= 15 is 0 Å². The molecule has 0 atom stereocenters. The smallest absolute Gasteiger partial charge is 0.295 e. The summed E-state index contributed by atoms with van der Waals surface area (Å²) in [6.07, 6.45) is 3.59. The summed E-state index contributed by atoms with van der Waals surface area (Å²) in [5.41, 5.74) is -0.450. The lowest BCUT2D eigenvalue weighted by Crippen LogP contribution is -2.37. The van der Waals surface area contributed by atoms with E-state index in [9.17, 15) is 9.59 Å². The van der Waals surface area contributed by atoms with Gasteiger partial charge in [0.2, 0.25) is 27.5 Å². The first-order valence-electron chi connectivity index (χ1n) is 12.9. The first kappa shape index (κ1) is 36.8. The van der Waals surface area contributed by atoms with Gasteiger partial charge in [-0.25, -0.2) is 0 Å². The third-order valence-electron chi connectivity index (χ3n) is 4.87. The number of nitrogens with zero attached hydrogens (tertiary/aromatic N) is 9. The predicted octanol–water partition coefficient (Wildman–Crippen LogP) is 2.52. The molecule has 42 heavy (non-hydrogen) atoms. The van der Waals surface area contributed by atoms with E-state index in [1.165, 1.54) is 23.5 Å². The summed E-state index contributed by atoms with van der Waals surface area (Å²) in [6.45, 7) is 18.1. The van der Waals surface area contributed by atoms with Gasteiger partial charge in [0.25, 0.3) is 11.1 Å². The highest BCUT2D eigenvalue weighted by Crippen LogP contribution is 2.17. The van der Waals surface area contributed by atoms with Crippen LogP contribution < -0.4 is 33.4 Å². The number of hydrogen-bond acceptors (Lipinski definition) is 15. The molecule has 0 amide bonds. The quantitative estimate of drug-likeness (QED) is 0.224. The van der Waals surface area contributed by atoms with Gasteiger partial charge in [-0.05, 0) is 44.9 Å². The van der Waals surface area contributed by atoms with E-state index in [4.69, 9.17) is 23.3 Å². The van der Waals surface area contributed by atoms with Crippen LogP contribution in [0.4, 0.5) is 11.9 Å². The Morgan fingerprint density at radius 2 is 1.19 bits per heavy atom. The Morgan fingerprint density at radius 1 is 0.786 bits per heavy atom. The first-order valence-corrected chi connectivity index (χ1v) is 15.7. The first-order chi connectivity index (χ1) is 19.4. The number of hydrogen-bond donors (Lipinski definition) is 4. The van der Waals surface area contributed by atoms with E-state index in [0.29, 0.717) is 33.6 Å². The Labute approximate surface area is 259 Å². The second kappa shape index (κ2) is 15.9. The summed E-state index contributed by atoms with van der Waals surface area (Å²) < 4.78 is 2.08. The summed E-state index contributed by atoms with van der Waals surface area (Å²) in [4.78, 5) is 35.4. The van der Waals surface area contributed by atoms with Crippen LogP contribution in [-0.4, -0.2) is 69.8 Å². The molecule has 0 aliphatic carbocycles. The van der Waals surface area contributed by atoms with E-state index in [-0.39, 0.29) is 33.3 Å². The molecule has 234 valence electrons. The van der Waals surface area contributed by atoms with Crippen LogP contribution in [0.5, 0.6) is 0 Å². The van der Waals surface area contributed by atoms with Crippen LogP contribution in [0.3, 0.4) is 0 Å². The maximum atomic E-state index is 11.7. The second-order valence-electron chi connectivity index (χ2n) is 11.0. The molecule has 3 rings (SSSR count). The lowest BCUT2D eigenvalue weighted by Gasteiger charge is -2.16. The fourth-order valence-electron chi connectivity index (χ4n) is 2.90. The van der Waals surface area contributed by atoms with Crippen molar-refractivity contribution in [2.45, 2.75) is 89.5 Å². The minimum absolute atomic E-state index is 0.194. The predicted molar refractivity (Wildman–Crippen MR) is 172 cm³/mol. The molecule has 18 heteroatoms. The standard InChI is InChI=1S/C8H14ClN5.2C8H14N4OS/c1-4-10-7-12-6(9)13-8(14-7)11-5(2)3;2*1-8(2,3)5-6(13)12(9)7(14-4)11-10-5/h5H,4H2,1-3H3,(H2,10,11,12,13,14);2*9H2,1-4H3. The van der Waals surface area contributed by atoms with Gasteiger partial charge in [0.1, 0.15) is 11.4 Å². The van der Waals surface area contributed by atoms with Crippen molar-refractivity contribution < 1.29 is 0 Å². The van der Waals surface area contributed by atoms with Crippen LogP contribution in [-0.2, 0) is 10.8 Å². The minimum Gasteiger partial charge on any atom is -0.354 e. The second-order valence-corrected chi connectivity index (χ2v) is 12.9. The summed E-state index contributed by atoms with van der Waals surface area (Å²) in [5.74, 6) is 12.1.